The first-order valence-electron chi connectivity index (χ1n) is 7.96. The summed E-state index contributed by atoms with van der Waals surface area (Å²) in [6.07, 6.45) is 0. The molecule has 0 aliphatic heterocycles. The van der Waals surface area contributed by atoms with Gasteiger partial charge in [0.25, 0.3) is 0 Å². The van der Waals surface area contributed by atoms with Gasteiger partial charge < -0.3 is 4.74 Å². The summed E-state index contributed by atoms with van der Waals surface area (Å²) in [5.74, 6) is 0.251. The highest BCUT2D eigenvalue weighted by molar-refractivity contribution is 7.20. The number of benzene rings is 2. The fraction of sp³-hybridized carbons (Fsp3) is 0.100. The smallest absolute Gasteiger partial charge is 0.353 e. The van der Waals surface area contributed by atoms with Gasteiger partial charge in [-0.3, -0.25) is 0 Å². The zero-order valence-corrected chi connectivity index (χ0v) is 14.7. The number of fused-ring (bicyclic) bond motifs is 1. The Labute approximate surface area is 149 Å². The predicted octanol–water partition coefficient (Wildman–Crippen LogP) is 4.92. The topological polar surface area (TPSA) is 44.1 Å². The quantitative estimate of drug-likeness (QED) is 0.390. The lowest BCUT2D eigenvalue weighted by atomic mass is 10.2. The van der Waals surface area contributed by atoms with Gasteiger partial charge in [-0.05, 0) is 43.7 Å². The van der Waals surface area contributed by atoms with Crippen LogP contribution in [0, 0.1) is 13.8 Å². The van der Waals surface area contributed by atoms with Crippen molar-refractivity contribution >= 4 is 27.5 Å². The summed E-state index contributed by atoms with van der Waals surface area (Å²) < 4.78 is 7.43. The van der Waals surface area contributed by atoms with Crippen LogP contribution in [-0.2, 0) is 0 Å². The zero-order chi connectivity index (χ0) is 17.4. The summed E-state index contributed by atoms with van der Waals surface area (Å²) in [5.41, 5.74) is 2.80. The maximum Gasteiger partial charge on any atom is 0.353 e. The SMILES string of the molecule is Cc1ccccc1OC(=O)c1cc2c(C)nn(-c3ccccc3)c2s1. The summed E-state index contributed by atoms with van der Waals surface area (Å²) in [5, 5.41) is 5.57. The summed E-state index contributed by atoms with van der Waals surface area (Å²) in [6, 6.07) is 19.3. The number of aryl methyl sites for hydroxylation is 2. The van der Waals surface area contributed by atoms with Crippen LogP contribution in [0.2, 0.25) is 0 Å². The second-order valence-electron chi connectivity index (χ2n) is 5.82. The standard InChI is InChI=1S/C20H16N2O2S/c1-13-8-6-7-11-17(13)24-20(23)18-12-16-14(2)21-22(19(16)25-18)15-9-4-3-5-10-15/h3-12H,1-2H3. The summed E-state index contributed by atoms with van der Waals surface area (Å²) in [6.45, 7) is 3.87. The number of hydrogen-bond donors (Lipinski definition) is 0. The number of ether oxygens (including phenoxy) is 1. The van der Waals surface area contributed by atoms with E-state index in [-0.39, 0.29) is 5.97 Å². The van der Waals surface area contributed by atoms with E-state index in [2.05, 4.69) is 5.10 Å². The summed E-state index contributed by atoms with van der Waals surface area (Å²) >= 11 is 1.40. The third-order valence-electron chi connectivity index (χ3n) is 4.04. The van der Waals surface area contributed by atoms with Gasteiger partial charge >= 0.3 is 5.97 Å². The van der Waals surface area contributed by atoms with Crippen LogP contribution in [0.15, 0.2) is 60.7 Å². The van der Waals surface area contributed by atoms with Crippen molar-refractivity contribution in [2.75, 3.05) is 0 Å². The van der Waals surface area contributed by atoms with Gasteiger partial charge in [0.15, 0.2) is 0 Å². The number of esters is 1. The van der Waals surface area contributed by atoms with Crippen LogP contribution < -0.4 is 4.74 Å². The van der Waals surface area contributed by atoms with E-state index in [1.54, 1.807) is 6.07 Å². The lowest BCUT2D eigenvalue weighted by Crippen LogP contribution is -2.07. The van der Waals surface area contributed by atoms with Crippen LogP contribution >= 0.6 is 11.3 Å². The highest BCUT2D eigenvalue weighted by Gasteiger charge is 2.19. The first-order valence-corrected chi connectivity index (χ1v) is 8.77. The maximum absolute atomic E-state index is 12.6. The Balaban J connectivity index is 1.72. The van der Waals surface area contributed by atoms with Crippen LogP contribution in [0.5, 0.6) is 5.75 Å². The van der Waals surface area contributed by atoms with Crippen LogP contribution in [0.4, 0.5) is 0 Å². The molecule has 124 valence electrons. The van der Waals surface area contributed by atoms with Crippen LogP contribution in [0.1, 0.15) is 20.9 Å². The van der Waals surface area contributed by atoms with E-state index in [1.807, 2.05) is 73.1 Å². The minimum atomic E-state index is -0.338. The average molecular weight is 348 g/mol. The third-order valence-corrected chi connectivity index (χ3v) is 5.13. The van der Waals surface area contributed by atoms with Crippen molar-refractivity contribution in [1.82, 2.24) is 9.78 Å². The predicted molar refractivity (Wildman–Crippen MR) is 99.8 cm³/mol. The normalized spacial score (nSPS) is 11.0. The van der Waals surface area contributed by atoms with Gasteiger partial charge in [-0.1, -0.05) is 36.4 Å². The molecule has 25 heavy (non-hydrogen) atoms. The molecule has 0 aliphatic carbocycles. The summed E-state index contributed by atoms with van der Waals surface area (Å²) in [4.78, 5) is 14.1. The van der Waals surface area contributed by atoms with E-state index in [1.165, 1.54) is 11.3 Å². The van der Waals surface area contributed by atoms with E-state index in [9.17, 15) is 4.79 Å². The van der Waals surface area contributed by atoms with E-state index in [0.29, 0.717) is 10.6 Å². The van der Waals surface area contributed by atoms with Crippen molar-refractivity contribution in [1.29, 1.82) is 0 Å². The highest BCUT2D eigenvalue weighted by atomic mass is 32.1. The highest BCUT2D eigenvalue weighted by Crippen LogP contribution is 2.31. The average Bonchev–Trinajstić information content (AvgIpc) is 3.19. The number of para-hydroxylation sites is 2. The van der Waals surface area contributed by atoms with E-state index < -0.39 is 0 Å². The minimum Gasteiger partial charge on any atom is -0.422 e. The molecular weight excluding hydrogens is 332 g/mol. The molecule has 4 aromatic rings. The number of aromatic nitrogens is 2. The molecule has 0 N–H and O–H groups in total. The maximum atomic E-state index is 12.6. The fourth-order valence-electron chi connectivity index (χ4n) is 2.71. The first-order chi connectivity index (χ1) is 12.1. The molecule has 0 aliphatic rings. The zero-order valence-electron chi connectivity index (χ0n) is 13.9. The Bertz CT molecular complexity index is 1060. The monoisotopic (exact) mass is 348 g/mol. The molecule has 0 unspecified atom stereocenters. The molecule has 0 amide bonds. The number of hydrogen-bond acceptors (Lipinski definition) is 4. The Hall–Kier alpha value is -2.92. The van der Waals surface area contributed by atoms with Crippen LogP contribution in [-0.4, -0.2) is 15.7 Å². The Morgan fingerprint density at radius 1 is 1.04 bits per heavy atom. The molecule has 4 rings (SSSR count). The molecule has 0 bridgehead atoms. The van der Waals surface area contributed by atoms with Crippen molar-refractivity contribution in [2.45, 2.75) is 13.8 Å². The molecule has 0 radical (unpaired) electrons. The number of carbonyl (C=O) groups excluding carboxylic acids is 1. The number of carbonyl (C=O) groups is 1. The molecule has 0 spiro atoms. The van der Waals surface area contributed by atoms with E-state index in [4.69, 9.17) is 4.74 Å². The van der Waals surface area contributed by atoms with Gasteiger partial charge in [0.2, 0.25) is 0 Å². The van der Waals surface area contributed by atoms with Gasteiger partial charge in [-0.2, -0.15) is 5.10 Å². The van der Waals surface area contributed by atoms with E-state index in [0.717, 1.165) is 27.2 Å². The Kier molecular flexibility index (Phi) is 3.86. The molecule has 0 saturated heterocycles. The second kappa shape index (κ2) is 6.18. The second-order valence-corrected chi connectivity index (χ2v) is 6.85. The van der Waals surface area contributed by atoms with Gasteiger partial charge in [-0.15, -0.1) is 11.3 Å². The molecule has 2 aromatic carbocycles. The molecule has 2 aromatic heterocycles. The van der Waals surface area contributed by atoms with Gasteiger partial charge in [-0.25, -0.2) is 9.48 Å². The first kappa shape index (κ1) is 15.6. The molecular formula is C20H16N2O2S. The third kappa shape index (κ3) is 2.83. The molecule has 0 atom stereocenters. The van der Waals surface area contributed by atoms with Gasteiger partial charge in [0.05, 0.1) is 11.4 Å². The van der Waals surface area contributed by atoms with Gasteiger partial charge in [0.1, 0.15) is 15.5 Å². The minimum absolute atomic E-state index is 0.338. The molecule has 5 heteroatoms. The largest absolute Gasteiger partial charge is 0.422 e. The number of rotatable bonds is 3. The van der Waals surface area contributed by atoms with E-state index >= 15 is 0 Å². The number of thiophene rings is 1. The molecule has 0 fully saturated rings. The van der Waals surface area contributed by atoms with Crippen LogP contribution in [0.3, 0.4) is 0 Å². The summed E-state index contributed by atoms with van der Waals surface area (Å²) in [7, 11) is 0. The van der Waals surface area contributed by atoms with Crippen molar-refractivity contribution < 1.29 is 9.53 Å². The van der Waals surface area contributed by atoms with Crippen molar-refractivity contribution in [3.8, 4) is 11.4 Å². The lowest BCUT2D eigenvalue weighted by molar-refractivity contribution is 0.0738. The fourth-order valence-corrected chi connectivity index (χ4v) is 3.77. The Morgan fingerprint density at radius 2 is 1.76 bits per heavy atom. The lowest BCUT2D eigenvalue weighted by Gasteiger charge is -2.05. The molecule has 4 nitrogen and oxygen atoms in total. The van der Waals surface area contributed by atoms with Crippen LogP contribution in [0.25, 0.3) is 15.9 Å². The molecule has 0 saturated carbocycles. The number of nitrogens with zero attached hydrogens (tertiary/aromatic N) is 2. The van der Waals surface area contributed by atoms with Crippen molar-refractivity contribution in [2.24, 2.45) is 0 Å². The van der Waals surface area contributed by atoms with Crippen molar-refractivity contribution in [3.05, 3.63) is 76.8 Å². The van der Waals surface area contributed by atoms with Gasteiger partial charge in [0, 0.05) is 5.39 Å². The van der Waals surface area contributed by atoms with Crippen molar-refractivity contribution in [3.63, 3.8) is 0 Å². The molecule has 2 heterocycles. The Morgan fingerprint density at radius 3 is 2.52 bits per heavy atom.